The summed E-state index contributed by atoms with van der Waals surface area (Å²) in [6.07, 6.45) is 6.55. The lowest BCUT2D eigenvalue weighted by molar-refractivity contribution is 0.176. The molecule has 1 saturated heterocycles. The number of likely N-dealkylation sites (tertiary alicyclic amines) is 1. The molecule has 0 bridgehead atoms. The minimum atomic E-state index is 0.862. The molecule has 2 rings (SSSR count). The number of piperidine rings is 1. The number of nitrogens with zero attached hydrogens (tertiary/aromatic N) is 2. The standard InChI is InChI=1S/C12H18N2/c1-11-4-3-7-14(9-11)10-12-5-2-6-13-8-12/h2,5-6,8,11H,3-4,7,9-10H2,1H3/t11-/m0/s1. The molecule has 0 radical (unpaired) electrons. The first-order chi connectivity index (χ1) is 6.84. The van der Waals surface area contributed by atoms with Crippen molar-refractivity contribution < 1.29 is 0 Å². The third-order valence-electron chi connectivity index (χ3n) is 2.87. The molecule has 76 valence electrons. The first-order valence-electron chi connectivity index (χ1n) is 5.46. The molecule has 1 atom stereocenters. The fourth-order valence-electron chi connectivity index (χ4n) is 2.18. The van der Waals surface area contributed by atoms with Gasteiger partial charge in [-0.05, 0) is 36.9 Å². The van der Waals surface area contributed by atoms with Crippen molar-refractivity contribution >= 4 is 0 Å². The monoisotopic (exact) mass is 190 g/mol. The van der Waals surface area contributed by atoms with Crippen LogP contribution in [0.2, 0.25) is 0 Å². The Bertz CT molecular complexity index is 271. The minimum Gasteiger partial charge on any atom is -0.299 e. The highest BCUT2D eigenvalue weighted by atomic mass is 15.1. The van der Waals surface area contributed by atoms with Crippen molar-refractivity contribution in [3.63, 3.8) is 0 Å². The van der Waals surface area contributed by atoms with Crippen molar-refractivity contribution in [2.75, 3.05) is 13.1 Å². The number of aromatic nitrogens is 1. The van der Waals surface area contributed by atoms with E-state index in [4.69, 9.17) is 0 Å². The molecule has 0 unspecified atom stereocenters. The van der Waals surface area contributed by atoms with Gasteiger partial charge >= 0.3 is 0 Å². The largest absolute Gasteiger partial charge is 0.299 e. The van der Waals surface area contributed by atoms with Crippen molar-refractivity contribution in [2.24, 2.45) is 5.92 Å². The zero-order valence-corrected chi connectivity index (χ0v) is 8.82. The molecular formula is C12H18N2. The molecule has 0 N–H and O–H groups in total. The smallest absolute Gasteiger partial charge is 0.0312 e. The van der Waals surface area contributed by atoms with Gasteiger partial charge in [-0.15, -0.1) is 0 Å². The van der Waals surface area contributed by atoms with E-state index in [1.807, 2.05) is 18.5 Å². The summed E-state index contributed by atoms with van der Waals surface area (Å²) in [5.41, 5.74) is 1.33. The Morgan fingerprint density at radius 2 is 2.50 bits per heavy atom. The molecule has 1 aliphatic rings. The summed E-state index contributed by atoms with van der Waals surface area (Å²) in [5.74, 6) is 0.862. The quantitative estimate of drug-likeness (QED) is 0.711. The third kappa shape index (κ3) is 2.55. The van der Waals surface area contributed by atoms with Crippen molar-refractivity contribution in [2.45, 2.75) is 26.3 Å². The Kier molecular flexibility index (Phi) is 3.14. The van der Waals surface area contributed by atoms with Gasteiger partial charge in [-0.3, -0.25) is 9.88 Å². The van der Waals surface area contributed by atoms with Gasteiger partial charge in [0.2, 0.25) is 0 Å². The lowest BCUT2D eigenvalue weighted by atomic mass is 10.00. The minimum absolute atomic E-state index is 0.862. The Balaban J connectivity index is 1.91. The molecule has 0 aliphatic carbocycles. The zero-order valence-electron chi connectivity index (χ0n) is 8.82. The molecule has 2 heterocycles. The van der Waals surface area contributed by atoms with E-state index in [1.165, 1.54) is 31.5 Å². The molecular weight excluding hydrogens is 172 g/mol. The molecule has 0 saturated carbocycles. The summed E-state index contributed by atoms with van der Waals surface area (Å²) >= 11 is 0. The summed E-state index contributed by atoms with van der Waals surface area (Å²) in [5, 5.41) is 0. The molecule has 2 nitrogen and oxygen atoms in total. The molecule has 2 heteroatoms. The first-order valence-corrected chi connectivity index (χ1v) is 5.46. The summed E-state index contributed by atoms with van der Waals surface area (Å²) < 4.78 is 0. The second kappa shape index (κ2) is 4.56. The highest BCUT2D eigenvalue weighted by Crippen LogP contribution is 2.17. The van der Waals surface area contributed by atoms with E-state index in [2.05, 4.69) is 22.9 Å². The van der Waals surface area contributed by atoms with Gasteiger partial charge < -0.3 is 0 Å². The fourth-order valence-corrected chi connectivity index (χ4v) is 2.18. The second-order valence-corrected chi connectivity index (χ2v) is 4.34. The summed E-state index contributed by atoms with van der Waals surface area (Å²) in [6, 6.07) is 4.18. The predicted octanol–water partition coefficient (Wildman–Crippen LogP) is 2.31. The maximum Gasteiger partial charge on any atom is 0.0312 e. The molecule has 0 aromatic carbocycles. The van der Waals surface area contributed by atoms with Crippen LogP contribution < -0.4 is 0 Å². The third-order valence-corrected chi connectivity index (χ3v) is 2.87. The molecule has 0 spiro atoms. The van der Waals surface area contributed by atoms with E-state index < -0.39 is 0 Å². The fraction of sp³-hybridized carbons (Fsp3) is 0.583. The van der Waals surface area contributed by atoms with Gasteiger partial charge in [-0.2, -0.15) is 0 Å². The topological polar surface area (TPSA) is 16.1 Å². The molecule has 1 fully saturated rings. The Labute approximate surface area is 86.0 Å². The SMILES string of the molecule is C[C@H]1CCCN(Cc2cccnc2)C1. The van der Waals surface area contributed by atoms with Crippen LogP contribution in [0, 0.1) is 5.92 Å². The predicted molar refractivity (Wildman–Crippen MR) is 57.9 cm³/mol. The van der Waals surface area contributed by atoms with Crippen molar-refractivity contribution in [3.05, 3.63) is 30.1 Å². The molecule has 1 aromatic heterocycles. The number of hydrogen-bond acceptors (Lipinski definition) is 2. The number of hydrogen-bond donors (Lipinski definition) is 0. The lowest BCUT2D eigenvalue weighted by Crippen LogP contribution is -2.33. The van der Waals surface area contributed by atoms with Crippen molar-refractivity contribution in [1.82, 2.24) is 9.88 Å². The van der Waals surface area contributed by atoms with Crippen LogP contribution in [-0.4, -0.2) is 23.0 Å². The van der Waals surface area contributed by atoms with Crippen molar-refractivity contribution in [1.29, 1.82) is 0 Å². The molecule has 0 amide bonds. The lowest BCUT2D eigenvalue weighted by Gasteiger charge is -2.30. The van der Waals surface area contributed by atoms with E-state index >= 15 is 0 Å². The molecule has 1 aliphatic heterocycles. The van der Waals surface area contributed by atoms with Crippen molar-refractivity contribution in [3.8, 4) is 0 Å². The van der Waals surface area contributed by atoms with Gasteiger partial charge in [-0.1, -0.05) is 13.0 Å². The van der Waals surface area contributed by atoms with Gasteiger partial charge in [0.25, 0.3) is 0 Å². The van der Waals surface area contributed by atoms with Crippen LogP contribution in [0.5, 0.6) is 0 Å². The van der Waals surface area contributed by atoms with Gasteiger partial charge in [0.05, 0.1) is 0 Å². The Morgan fingerprint density at radius 1 is 1.57 bits per heavy atom. The van der Waals surface area contributed by atoms with E-state index in [9.17, 15) is 0 Å². The first kappa shape index (κ1) is 9.66. The van der Waals surface area contributed by atoms with E-state index in [1.54, 1.807) is 0 Å². The average Bonchev–Trinajstić information content (AvgIpc) is 2.19. The zero-order chi connectivity index (χ0) is 9.80. The van der Waals surface area contributed by atoms with E-state index in [0.29, 0.717) is 0 Å². The van der Waals surface area contributed by atoms with Crippen LogP contribution in [0.15, 0.2) is 24.5 Å². The van der Waals surface area contributed by atoms with E-state index in [0.717, 1.165) is 12.5 Å². The van der Waals surface area contributed by atoms with E-state index in [-0.39, 0.29) is 0 Å². The maximum atomic E-state index is 4.14. The second-order valence-electron chi connectivity index (χ2n) is 4.34. The van der Waals surface area contributed by atoms with Crippen LogP contribution in [0.25, 0.3) is 0 Å². The Morgan fingerprint density at radius 3 is 3.21 bits per heavy atom. The van der Waals surface area contributed by atoms with Crippen LogP contribution in [0.4, 0.5) is 0 Å². The van der Waals surface area contributed by atoms with Crippen LogP contribution in [-0.2, 0) is 6.54 Å². The maximum absolute atomic E-state index is 4.14. The van der Waals surface area contributed by atoms with Crippen LogP contribution in [0.1, 0.15) is 25.3 Å². The average molecular weight is 190 g/mol. The number of pyridine rings is 1. The van der Waals surface area contributed by atoms with Gasteiger partial charge in [-0.25, -0.2) is 0 Å². The molecule has 14 heavy (non-hydrogen) atoms. The van der Waals surface area contributed by atoms with Crippen LogP contribution >= 0.6 is 0 Å². The summed E-state index contributed by atoms with van der Waals surface area (Å²) in [7, 11) is 0. The van der Waals surface area contributed by atoms with Gasteiger partial charge in [0.15, 0.2) is 0 Å². The highest BCUT2D eigenvalue weighted by Gasteiger charge is 2.15. The summed E-state index contributed by atoms with van der Waals surface area (Å²) in [4.78, 5) is 6.68. The number of rotatable bonds is 2. The Hall–Kier alpha value is -0.890. The van der Waals surface area contributed by atoms with Gasteiger partial charge in [0, 0.05) is 25.5 Å². The van der Waals surface area contributed by atoms with Gasteiger partial charge in [0.1, 0.15) is 0 Å². The van der Waals surface area contributed by atoms with Crippen LogP contribution in [0.3, 0.4) is 0 Å². The molecule has 1 aromatic rings. The summed E-state index contributed by atoms with van der Waals surface area (Å²) in [6.45, 7) is 5.90. The highest BCUT2D eigenvalue weighted by molar-refractivity contribution is 5.08. The normalized spacial score (nSPS) is 23.6.